The van der Waals surface area contributed by atoms with Crippen LogP contribution in [0.1, 0.15) is 24.8 Å². The molecule has 1 aliphatic rings. The largest absolute Gasteiger partial charge is 0.310 e. The van der Waals surface area contributed by atoms with Crippen LogP contribution >= 0.6 is 27.5 Å². The van der Waals surface area contributed by atoms with E-state index < -0.39 is 5.41 Å². The summed E-state index contributed by atoms with van der Waals surface area (Å²) >= 11 is 9.23. The first kappa shape index (κ1) is 14.5. The van der Waals surface area contributed by atoms with Crippen LogP contribution in [-0.2, 0) is 10.2 Å². The lowest BCUT2D eigenvalue weighted by molar-refractivity contribution is -0.124. The molecule has 0 aliphatic heterocycles. The molecule has 5 heteroatoms. The molecule has 1 aliphatic carbocycles. The number of rotatable bonds is 3. The van der Waals surface area contributed by atoms with Gasteiger partial charge in [0.2, 0.25) is 5.91 Å². The average Bonchev–Trinajstić information content (AvgIpc) is 2.42. The number of pyridine rings is 1. The number of anilines is 1. The van der Waals surface area contributed by atoms with Crippen molar-refractivity contribution in [2.24, 2.45) is 0 Å². The van der Waals surface area contributed by atoms with Gasteiger partial charge in [-0.2, -0.15) is 0 Å². The third-order valence-corrected chi connectivity index (χ3v) is 4.76. The van der Waals surface area contributed by atoms with Gasteiger partial charge in [-0.3, -0.25) is 4.79 Å². The first-order chi connectivity index (χ1) is 10.1. The van der Waals surface area contributed by atoms with Crippen molar-refractivity contribution in [3.63, 3.8) is 0 Å². The summed E-state index contributed by atoms with van der Waals surface area (Å²) in [7, 11) is 0. The van der Waals surface area contributed by atoms with Gasteiger partial charge in [-0.15, -0.1) is 0 Å². The summed E-state index contributed by atoms with van der Waals surface area (Å²) in [6.45, 7) is 0. The highest BCUT2D eigenvalue weighted by Crippen LogP contribution is 2.44. The Morgan fingerprint density at radius 2 is 1.90 bits per heavy atom. The van der Waals surface area contributed by atoms with E-state index in [0.717, 1.165) is 29.3 Å². The zero-order valence-corrected chi connectivity index (χ0v) is 13.6. The van der Waals surface area contributed by atoms with E-state index in [2.05, 4.69) is 26.2 Å². The summed E-state index contributed by atoms with van der Waals surface area (Å²) in [6, 6.07) is 11.4. The molecule has 21 heavy (non-hydrogen) atoms. The predicted molar refractivity (Wildman–Crippen MR) is 87.5 cm³/mol. The summed E-state index contributed by atoms with van der Waals surface area (Å²) in [5, 5.41) is 3.46. The molecule has 0 bridgehead atoms. The second-order valence-corrected chi connectivity index (χ2v) is 6.61. The quantitative estimate of drug-likeness (QED) is 0.866. The van der Waals surface area contributed by atoms with Gasteiger partial charge < -0.3 is 5.32 Å². The Morgan fingerprint density at radius 1 is 1.19 bits per heavy atom. The van der Waals surface area contributed by atoms with Crippen LogP contribution in [-0.4, -0.2) is 10.9 Å². The summed E-state index contributed by atoms with van der Waals surface area (Å²) in [6.07, 6.45) is 4.34. The smallest absolute Gasteiger partial charge is 0.236 e. The minimum absolute atomic E-state index is 0.00546. The maximum atomic E-state index is 12.7. The standard InChI is InChI=1S/C16H14BrClN2O/c17-12-4-2-11(3-5-12)16(8-1-9-16)15(21)20-14-7-6-13(18)10-19-14/h2-7,10H,1,8-9H2,(H,19,20,21). The molecule has 1 heterocycles. The number of hydrogen-bond donors (Lipinski definition) is 1. The van der Waals surface area contributed by atoms with Crippen LogP contribution in [0.5, 0.6) is 0 Å². The van der Waals surface area contributed by atoms with Gasteiger partial charge in [0, 0.05) is 10.7 Å². The fraction of sp³-hybridized carbons (Fsp3) is 0.250. The van der Waals surface area contributed by atoms with E-state index in [4.69, 9.17) is 11.6 Å². The fourth-order valence-electron chi connectivity index (χ4n) is 2.63. The third kappa shape index (κ3) is 2.83. The first-order valence-corrected chi connectivity index (χ1v) is 7.96. The van der Waals surface area contributed by atoms with Crippen LogP contribution in [0.4, 0.5) is 5.82 Å². The van der Waals surface area contributed by atoms with Crippen LogP contribution in [0.3, 0.4) is 0 Å². The van der Waals surface area contributed by atoms with E-state index in [1.54, 1.807) is 12.1 Å². The van der Waals surface area contributed by atoms with E-state index in [9.17, 15) is 4.79 Å². The van der Waals surface area contributed by atoms with Crippen LogP contribution in [0, 0.1) is 0 Å². The van der Waals surface area contributed by atoms with Gasteiger partial charge in [-0.05, 0) is 42.7 Å². The van der Waals surface area contributed by atoms with Gasteiger partial charge in [-0.25, -0.2) is 4.98 Å². The summed E-state index contributed by atoms with van der Waals surface area (Å²) in [5.74, 6) is 0.540. The van der Waals surface area contributed by atoms with Crippen molar-refractivity contribution in [3.05, 3.63) is 57.7 Å². The molecule has 0 spiro atoms. The molecule has 0 radical (unpaired) electrons. The molecule has 1 saturated carbocycles. The lowest BCUT2D eigenvalue weighted by Gasteiger charge is -2.40. The number of hydrogen-bond acceptors (Lipinski definition) is 2. The van der Waals surface area contributed by atoms with Crippen LogP contribution < -0.4 is 5.32 Å². The number of nitrogens with zero attached hydrogens (tertiary/aromatic N) is 1. The van der Waals surface area contributed by atoms with Crippen molar-refractivity contribution in [2.75, 3.05) is 5.32 Å². The maximum Gasteiger partial charge on any atom is 0.236 e. The molecule has 1 amide bonds. The molecule has 1 aromatic carbocycles. The Kier molecular flexibility index (Phi) is 4.00. The Hall–Kier alpha value is -1.39. The van der Waals surface area contributed by atoms with E-state index in [1.807, 2.05) is 24.3 Å². The molecular weight excluding hydrogens is 352 g/mol. The molecule has 1 aromatic heterocycles. The number of amides is 1. The number of carbonyl (C=O) groups is 1. The van der Waals surface area contributed by atoms with Gasteiger partial charge in [0.05, 0.1) is 10.4 Å². The molecule has 3 nitrogen and oxygen atoms in total. The second kappa shape index (κ2) is 5.78. The molecule has 2 aromatic rings. The number of nitrogens with one attached hydrogen (secondary N) is 1. The van der Waals surface area contributed by atoms with Crippen molar-refractivity contribution in [1.82, 2.24) is 4.98 Å². The number of aromatic nitrogens is 1. The summed E-state index contributed by atoms with van der Waals surface area (Å²) in [4.78, 5) is 16.8. The number of benzene rings is 1. The van der Waals surface area contributed by atoms with Crippen molar-refractivity contribution in [1.29, 1.82) is 0 Å². The molecule has 0 atom stereocenters. The van der Waals surface area contributed by atoms with Crippen LogP contribution in [0.15, 0.2) is 47.1 Å². The highest BCUT2D eigenvalue weighted by atomic mass is 79.9. The van der Waals surface area contributed by atoms with Crippen molar-refractivity contribution >= 4 is 39.3 Å². The normalized spacial score (nSPS) is 16.1. The van der Waals surface area contributed by atoms with E-state index in [0.29, 0.717) is 10.8 Å². The molecule has 0 unspecified atom stereocenters. The van der Waals surface area contributed by atoms with Crippen molar-refractivity contribution in [2.45, 2.75) is 24.7 Å². The van der Waals surface area contributed by atoms with Gasteiger partial charge in [0.1, 0.15) is 5.82 Å². The fourth-order valence-corrected chi connectivity index (χ4v) is 3.01. The average molecular weight is 366 g/mol. The molecular formula is C16H14BrClN2O. The predicted octanol–water partition coefficient (Wildman–Crippen LogP) is 4.56. The zero-order valence-electron chi connectivity index (χ0n) is 11.3. The zero-order chi connectivity index (χ0) is 14.9. The number of halogens is 2. The molecule has 1 fully saturated rings. The SMILES string of the molecule is O=C(Nc1ccc(Cl)cn1)C1(c2ccc(Br)cc2)CCC1. The monoisotopic (exact) mass is 364 g/mol. The Morgan fingerprint density at radius 3 is 2.43 bits per heavy atom. The van der Waals surface area contributed by atoms with Gasteiger partial charge in [-0.1, -0.05) is 46.1 Å². The minimum Gasteiger partial charge on any atom is -0.310 e. The maximum absolute atomic E-state index is 12.7. The first-order valence-electron chi connectivity index (χ1n) is 6.79. The highest BCUT2D eigenvalue weighted by molar-refractivity contribution is 9.10. The van der Waals surface area contributed by atoms with Crippen molar-refractivity contribution in [3.8, 4) is 0 Å². The van der Waals surface area contributed by atoms with Gasteiger partial charge >= 0.3 is 0 Å². The topological polar surface area (TPSA) is 42.0 Å². The van der Waals surface area contributed by atoms with Crippen LogP contribution in [0.25, 0.3) is 0 Å². The summed E-state index contributed by atoms with van der Waals surface area (Å²) in [5.41, 5.74) is 0.630. The van der Waals surface area contributed by atoms with Crippen LogP contribution in [0.2, 0.25) is 5.02 Å². The van der Waals surface area contributed by atoms with E-state index >= 15 is 0 Å². The lowest BCUT2D eigenvalue weighted by Crippen LogP contribution is -2.46. The molecule has 1 N–H and O–H groups in total. The summed E-state index contributed by atoms with van der Waals surface area (Å²) < 4.78 is 1.01. The van der Waals surface area contributed by atoms with Crippen molar-refractivity contribution < 1.29 is 4.79 Å². The highest BCUT2D eigenvalue weighted by Gasteiger charge is 2.45. The molecule has 108 valence electrons. The minimum atomic E-state index is -0.429. The Labute approximate surface area is 136 Å². The van der Waals surface area contributed by atoms with Gasteiger partial charge in [0.15, 0.2) is 0 Å². The van der Waals surface area contributed by atoms with E-state index in [1.165, 1.54) is 6.20 Å². The molecule has 0 saturated heterocycles. The third-order valence-electron chi connectivity index (χ3n) is 4.01. The lowest BCUT2D eigenvalue weighted by atomic mass is 9.64. The van der Waals surface area contributed by atoms with E-state index in [-0.39, 0.29) is 5.91 Å². The molecule has 3 rings (SSSR count). The Bertz CT molecular complexity index is 651. The number of carbonyl (C=O) groups excluding carboxylic acids is 1. The van der Waals surface area contributed by atoms with Gasteiger partial charge in [0.25, 0.3) is 0 Å². The second-order valence-electron chi connectivity index (χ2n) is 5.26. The Balaban J connectivity index is 1.83.